The second-order valence-electron chi connectivity index (χ2n) is 8.57. The molecule has 5 rings (SSSR count). The molecule has 1 saturated heterocycles. The number of ether oxygens (including phenoxy) is 3. The van der Waals surface area contributed by atoms with Crippen molar-refractivity contribution in [2.75, 3.05) is 25.7 Å². The summed E-state index contributed by atoms with van der Waals surface area (Å²) in [5.74, 6) is -1.29. The summed E-state index contributed by atoms with van der Waals surface area (Å²) < 4.78 is 16.3. The quantitative estimate of drug-likeness (QED) is 0.148. The van der Waals surface area contributed by atoms with Crippen molar-refractivity contribution in [3.8, 4) is 11.5 Å². The van der Waals surface area contributed by atoms with Crippen LogP contribution < -0.4 is 14.4 Å². The van der Waals surface area contributed by atoms with E-state index in [4.69, 9.17) is 14.2 Å². The fourth-order valence-corrected chi connectivity index (χ4v) is 5.44. The van der Waals surface area contributed by atoms with E-state index in [9.17, 15) is 19.5 Å². The number of amides is 1. The third-order valence-electron chi connectivity index (χ3n) is 6.32. The number of thiazole rings is 1. The van der Waals surface area contributed by atoms with Crippen LogP contribution in [-0.2, 0) is 14.3 Å². The Kier molecular flexibility index (Phi) is 7.03. The Morgan fingerprint density at radius 3 is 2.28 bits per heavy atom. The first-order chi connectivity index (χ1) is 18.9. The van der Waals surface area contributed by atoms with Crippen LogP contribution in [0.15, 0.2) is 72.3 Å². The molecule has 0 radical (unpaired) electrons. The molecule has 39 heavy (non-hydrogen) atoms. The number of methoxy groups -OCH3 is 2. The van der Waals surface area contributed by atoms with Gasteiger partial charge in [0.25, 0.3) is 5.78 Å². The number of hydrogen-bond donors (Lipinski definition) is 1. The molecule has 3 aromatic carbocycles. The van der Waals surface area contributed by atoms with Crippen LogP contribution in [0.2, 0.25) is 0 Å². The molecule has 198 valence electrons. The SMILES string of the molecule is CCOc1ccc2nc(N3C(=O)C(=O)C(=C(O)c4ccc(OC)cc4)[C@H]3c3ccc(C(=O)OC)cc3)sc2c1. The predicted octanol–water partition coefficient (Wildman–Crippen LogP) is 5.12. The van der Waals surface area contributed by atoms with E-state index >= 15 is 0 Å². The summed E-state index contributed by atoms with van der Waals surface area (Å²) in [6.45, 7) is 2.38. The lowest BCUT2D eigenvalue weighted by Gasteiger charge is -2.23. The van der Waals surface area contributed by atoms with Crippen molar-refractivity contribution in [1.29, 1.82) is 0 Å². The van der Waals surface area contributed by atoms with Gasteiger partial charge in [0, 0.05) is 5.56 Å². The lowest BCUT2D eigenvalue weighted by atomic mass is 9.94. The van der Waals surface area contributed by atoms with Crippen LogP contribution in [0.4, 0.5) is 5.13 Å². The Labute approximate surface area is 227 Å². The summed E-state index contributed by atoms with van der Waals surface area (Å²) in [4.78, 5) is 44.8. The number of hydrogen-bond acceptors (Lipinski definition) is 9. The fraction of sp³-hybridized carbons (Fsp3) is 0.172. The number of ketones is 1. The standard InChI is InChI=1S/C29H24N2O7S/c1-4-38-20-13-14-21-22(15-20)39-29(30-21)31-24(16-5-7-18(8-6-16)28(35)37-3)23(26(33)27(31)34)25(32)17-9-11-19(36-2)12-10-17/h5-15,24,32H,4H2,1-3H3/t24-/m1/s1. The van der Waals surface area contributed by atoms with Gasteiger partial charge in [0.05, 0.1) is 48.2 Å². The molecule has 10 heteroatoms. The van der Waals surface area contributed by atoms with Gasteiger partial charge in [-0.25, -0.2) is 9.78 Å². The average Bonchev–Trinajstić information content (AvgIpc) is 3.50. The van der Waals surface area contributed by atoms with E-state index in [1.165, 1.54) is 30.5 Å². The zero-order valence-electron chi connectivity index (χ0n) is 21.3. The summed E-state index contributed by atoms with van der Waals surface area (Å²) in [5.41, 5.74) is 1.69. The number of aromatic nitrogens is 1. The molecular weight excluding hydrogens is 520 g/mol. The van der Waals surface area contributed by atoms with E-state index in [0.29, 0.717) is 40.3 Å². The predicted molar refractivity (Wildman–Crippen MR) is 146 cm³/mol. The van der Waals surface area contributed by atoms with Gasteiger partial charge in [0.2, 0.25) is 0 Å². The number of fused-ring (bicyclic) bond motifs is 1. The highest BCUT2D eigenvalue weighted by molar-refractivity contribution is 7.22. The Morgan fingerprint density at radius 2 is 1.64 bits per heavy atom. The zero-order valence-corrected chi connectivity index (χ0v) is 22.2. The molecule has 1 aromatic heterocycles. The first kappa shape index (κ1) is 25.9. The number of benzene rings is 3. The van der Waals surface area contributed by atoms with E-state index in [2.05, 4.69) is 4.98 Å². The topological polar surface area (TPSA) is 115 Å². The fourth-order valence-electron chi connectivity index (χ4n) is 4.42. The van der Waals surface area contributed by atoms with Gasteiger partial charge < -0.3 is 19.3 Å². The van der Waals surface area contributed by atoms with E-state index in [0.717, 1.165) is 4.70 Å². The summed E-state index contributed by atoms with van der Waals surface area (Å²) in [6, 6.07) is 17.2. The van der Waals surface area contributed by atoms with Crippen LogP contribution in [0.3, 0.4) is 0 Å². The number of Topliss-reactive ketones (excluding diaryl/α,β-unsaturated/α-hetero) is 1. The van der Waals surface area contributed by atoms with Crippen molar-refractivity contribution < 1.29 is 33.7 Å². The lowest BCUT2D eigenvalue weighted by molar-refractivity contribution is -0.132. The minimum Gasteiger partial charge on any atom is -0.507 e. The van der Waals surface area contributed by atoms with Gasteiger partial charge in [0.15, 0.2) is 5.13 Å². The molecule has 9 nitrogen and oxygen atoms in total. The number of nitrogens with zero attached hydrogens (tertiary/aromatic N) is 2. The number of aliphatic hydroxyl groups is 1. The molecule has 1 amide bonds. The Morgan fingerprint density at radius 1 is 0.974 bits per heavy atom. The van der Waals surface area contributed by atoms with Gasteiger partial charge in [-0.3, -0.25) is 14.5 Å². The van der Waals surface area contributed by atoms with Gasteiger partial charge in [-0.15, -0.1) is 0 Å². The molecule has 1 N–H and O–H groups in total. The minimum absolute atomic E-state index is 0.0924. The van der Waals surface area contributed by atoms with Crippen LogP contribution in [-0.4, -0.2) is 48.6 Å². The average molecular weight is 545 g/mol. The maximum absolute atomic E-state index is 13.5. The summed E-state index contributed by atoms with van der Waals surface area (Å²) in [5, 5.41) is 11.6. The first-order valence-electron chi connectivity index (χ1n) is 12.0. The molecule has 1 aliphatic rings. The highest BCUT2D eigenvalue weighted by Gasteiger charge is 2.48. The Hall–Kier alpha value is -4.70. The number of aliphatic hydroxyl groups excluding tert-OH is 1. The largest absolute Gasteiger partial charge is 0.507 e. The van der Waals surface area contributed by atoms with Crippen LogP contribution in [0.25, 0.3) is 16.0 Å². The van der Waals surface area contributed by atoms with Crippen LogP contribution in [0.1, 0.15) is 34.5 Å². The third kappa shape index (κ3) is 4.70. The summed E-state index contributed by atoms with van der Waals surface area (Å²) >= 11 is 1.23. The molecule has 0 bridgehead atoms. The third-order valence-corrected chi connectivity index (χ3v) is 7.34. The second-order valence-corrected chi connectivity index (χ2v) is 9.58. The van der Waals surface area contributed by atoms with E-state index in [1.54, 1.807) is 60.7 Å². The van der Waals surface area contributed by atoms with Crippen molar-refractivity contribution in [1.82, 2.24) is 4.98 Å². The van der Waals surface area contributed by atoms with Crippen molar-refractivity contribution in [2.45, 2.75) is 13.0 Å². The van der Waals surface area contributed by atoms with Gasteiger partial charge >= 0.3 is 11.9 Å². The molecule has 1 atom stereocenters. The van der Waals surface area contributed by atoms with Crippen LogP contribution >= 0.6 is 11.3 Å². The molecule has 0 aliphatic carbocycles. The zero-order chi connectivity index (χ0) is 27.7. The normalized spacial score (nSPS) is 16.5. The molecule has 1 aliphatic heterocycles. The number of esters is 1. The van der Waals surface area contributed by atoms with E-state index in [-0.39, 0.29) is 16.5 Å². The highest BCUT2D eigenvalue weighted by atomic mass is 32.1. The number of carbonyl (C=O) groups excluding carboxylic acids is 3. The molecule has 1 fully saturated rings. The molecule has 0 unspecified atom stereocenters. The van der Waals surface area contributed by atoms with Crippen LogP contribution in [0, 0.1) is 0 Å². The van der Waals surface area contributed by atoms with Crippen molar-refractivity contribution in [2.24, 2.45) is 0 Å². The number of anilines is 1. The summed E-state index contributed by atoms with van der Waals surface area (Å²) in [7, 11) is 2.80. The van der Waals surface area contributed by atoms with Crippen LogP contribution in [0.5, 0.6) is 11.5 Å². The monoisotopic (exact) mass is 544 g/mol. The Bertz CT molecular complexity index is 1610. The lowest BCUT2D eigenvalue weighted by Crippen LogP contribution is -2.29. The van der Waals surface area contributed by atoms with Crippen molar-refractivity contribution >= 4 is 50.1 Å². The smallest absolute Gasteiger partial charge is 0.337 e. The van der Waals surface area contributed by atoms with Gasteiger partial charge in [-0.05, 0) is 67.1 Å². The molecular formula is C29H24N2O7S. The maximum Gasteiger partial charge on any atom is 0.337 e. The van der Waals surface area contributed by atoms with Gasteiger partial charge in [-0.2, -0.15) is 0 Å². The van der Waals surface area contributed by atoms with Crippen molar-refractivity contribution in [3.63, 3.8) is 0 Å². The van der Waals surface area contributed by atoms with E-state index < -0.39 is 23.7 Å². The molecule has 2 heterocycles. The first-order valence-corrected chi connectivity index (χ1v) is 12.8. The van der Waals surface area contributed by atoms with Gasteiger partial charge in [0.1, 0.15) is 17.3 Å². The minimum atomic E-state index is -0.995. The summed E-state index contributed by atoms with van der Waals surface area (Å²) in [6.07, 6.45) is 0. The highest BCUT2D eigenvalue weighted by Crippen LogP contribution is 2.44. The number of carbonyl (C=O) groups is 3. The molecule has 0 saturated carbocycles. The maximum atomic E-state index is 13.5. The molecule has 4 aromatic rings. The molecule has 0 spiro atoms. The Balaban J connectivity index is 1.67. The number of rotatable bonds is 7. The second kappa shape index (κ2) is 10.6. The van der Waals surface area contributed by atoms with Crippen molar-refractivity contribution in [3.05, 3.63) is 89.0 Å². The van der Waals surface area contributed by atoms with E-state index in [1.807, 2.05) is 13.0 Å². The van der Waals surface area contributed by atoms with Gasteiger partial charge in [-0.1, -0.05) is 23.5 Å².